The van der Waals surface area contributed by atoms with Crippen LogP contribution in [0.1, 0.15) is 32.6 Å². The molecule has 0 spiro atoms. The van der Waals surface area contributed by atoms with Crippen LogP contribution in [-0.4, -0.2) is 10.6 Å². The summed E-state index contributed by atoms with van der Waals surface area (Å²) in [7, 11) is 0. The first-order chi connectivity index (χ1) is 5.04. The molecule has 0 aromatic rings. The Labute approximate surface area is 77.1 Å². The zero-order chi connectivity index (χ0) is 8.48. The van der Waals surface area contributed by atoms with Crippen LogP contribution in [0.5, 0.6) is 0 Å². The van der Waals surface area contributed by atoms with Gasteiger partial charge in [0.25, 0.3) is 0 Å². The molecule has 0 N–H and O–H groups in total. The Hall–Kier alpha value is 0.250. The van der Waals surface area contributed by atoms with E-state index in [2.05, 4.69) is 0 Å². The summed E-state index contributed by atoms with van der Waals surface area (Å²) in [6.45, 7) is 1.90. The van der Waals surface area contributed by atoms with Gasteiger partial charge >= 0.3 is 0 Å². The Kier molecular flexibility index (Phi) is 2.82. The molecule has 11 heavy (non-hydrogen) atoms. The molecule has 0 aliphatic heterocycles. The first kappa shape index (κ1) is 9.34. The zero-order valence-electron chi connectivity index (χ0n) is 6.57. The van der Waals surface area contributed by atoms with Gasteiger partial charge in [-0.15, -0.1) is 11.6 Å². The second-order valence-corrected chi connectivity index (χ2v) is 4.49. The quantitative estimate of drug-likeness (QED) is 0.464. The van der Waals surface area contributed by atoms with Crippen molar-refractivity contribution in [3.63, 3.8) is 0 Å². The Morgan fingerprint density at radius 1 is 1.64 bits per heavy atom. The van der Waals surface area contributed by atoms with Gasteiger partial charge in [0.15, 0.2) is 0 Å². The molecule has 1 fully saturated rings. The third-order valence-corrected chi connectivity index (χ3v) is 3.22. The lowest BCUT2D eigenvalue weighted by atomic mass is 9.76. The van der Waals surface area contributed by atoms with Gasteiger partial charge in [0.05, 0.1) is 0 Å². The first-order valence-corrected chi connectivity index (χ1v) is 4.70. The van der Waals surface area contributed by atoms with E-state index >= 15 is 0 Å². The summed E-state index contributed by atoms with van der Waals surface area (Å²) in [5.74, 6) is 0. The SMILES string of the molecule is C[C@@]1(C(=O)Cl)CCC[C@@H](Cl)C1. The molecule has 64 valence electrons. The zero-order valence-corrected chi connectivity index (χ0v) is 8.08. The van der Waals surface area contributed by atoms with Gasteiger partial charge in [0.1, 0.15) is 0 Å². The van der Waals surface area contributed by atoms with Crippen LogP contribution in [0, 0.1) is 5.41 Å². The standard InChI is InChI=1S/C8H12Cl2O/c1-8(7(10)11)4-2-3-6(9)5-8/h6H,2-5H2,1H3/t6-,8-/m1/s1. The van der Waals surface area contributed by atoms with Crippen molar-refractivity contribution < 1.29 is 4.79 Å². The van der Waals surface area contributed by atoms with E-state index < -0.39 is 0 Å². The van der Waals surface area contributed by atoms with Crippen molar-refractivity contribution in [2.24, 2.45) is 5.41 Å². The van der Waals surface area contributed by atoms with E-state index in [1.54, 1.807) is 0 Å². The number of carbonyl (C=O) groups is 1. The Balaban J connectivity index is 2.63. The van der Waals surface area contributed by atoms with Crippen molar-refractivity contribution >= 4 is 28.4 Å². The van der Waals surface area contributed by atoms with E-state index in [0.717, 1.165) is 25.7 Å². The normalized spacial score (nSPS) is 38.6. The predicted molar refractivity (Wildman–Crippen MR) is 47.1 cm³/mol. The van der Waals surface area contributed by atoms with Gasteiger partial charge in [0.2, 0.25) is 5.24 Å². The van der Waals surface area contributed by atoms with Gasteiger partial charge < -0.3 is 0 Å². The maximum absolute atomic E-state index is 11.0. The van der Waals surface area contributed by atoms with Gasteiger partial charge in [0, 0.05) is 10.8 Å². The van der Waals surface area contributed by atoms with Crippen LogP contribution in [0.3, 0.4) is 0 Å². The summed E-state index contributed by atoms with van der Waals surface area (Å²) >= 11 is 11.4. The highest BCUT2D eigenvalue weighted by Crippen LogP contribution is 2.39. The minimum atomic E-state index is -0.355. The van der Waals surface area contributed by atoms with Crippen LogP contribution in [0.15, 0.2) is 0 Å². The summed E-state index contributed by atoms with van der Waals surface area (Å²) in [5, 5.41) is -0.0979. The highest BCUT2D eigenvalue weighted by molar-refractivity contribution is 6.64. The molecule has 0 amide bonds. The summed E-state index contributed by atoms with van der Waals surface area (Å²) in [4.78, 5) is 11.0. The number of halogens is 2. The van der Waals surface area contributed by atoms with Gasteiger partial charge in [-0.25, -0.2) is 0 Å². The fourth-order valence-electron chi connectivity index (χ4n) is 1.59. The molecule has 0 aromatic heterocycles. The highest BCUT2D eigenvalue weighted by atomic mass is 35.5. The molecule has 2 atom stereocenters. The molecule has 1 aliphatic rings. The lowest BCUT2D eigenvalue weighted by Gasteiger charge is -2.32. The van der Waals surface area contributed by atoms with Gasteiger partial charge in [-0.05, 0) is 30.9 Å². The Morgan fingerprint density at radius 3 is 2.64 bits per heavy atom. The summed E-state index contributed by atoms with van der Waals surface area (Å²) in [6.07, 6.45) is 3.65. The van der Waals surface area contributed by atoms with Crippen molar-refractivity contribution in [3.05, 3.63) is 0 Å². The van der Waals surface area contributed by atoms with Crippen LogP contribution >= 0.6 is 23.2 Å². The van der Waals surface area contributed by atoms with Crippen molar-refractivity contribution in [1.29, 1.82) is 0 Å². The minimum absolute atomic E-state index is 0.136. The van der Waals surface area contributed by atoms with E-state index in [4.69, 9.17) is 23.2 Å². The molecular weight excluding hydrogens is 183 g/mol. The number of carbonyl (C=O) groups excluding carboxylic acids is 1. The van der Waals surface area contributed by atoms with Crippen LogP contribution in [0.2, 0.25) is 0 Å². The van der Waals surface area contributed by atoms with Crippen molar-refractivity contribution in [2.45, 2.75) is 38.0 Å². The average Bonchev–Trinajstić information content (AvgIpc) is 1.86. The maximum atomic E-state index is 11.0. The van der Waals surface area contributed by atoms with E-state index in [0.29, 0.717) is 0 Å². The lowest BCUT2D eigenvalue weighted by Crippen LogP contribution is -2.31. The van der Waals surface area contributed by atoms with Crippen LogP contribution in [0.25, 0.3) is 0 Å². The molecule has 3 heteroatoms. The smallest absolute Gasteiger partial charge is 0.227 e. The highest BCUT2D eigenvalue weighted by Gasteiger charge is 2.36. The van der Waals surface area contributed by atoms with E-state index in [9.17, 15) is 4.79 Å². The number of hydrogen-bond donors (Lipinski definition) is 0. The monoisotopic (exact) mass is 194 g/mol. The van der Waals surface area contributed by atoms with Crippen LogP contribution in [-0.2, 0) is 4.79 Å². The second kappa shape index (κ2) is 3.32. The van der Waals surface area contributed by atoms with E-state index in [1.807, 2.05) is 6.92 Å². The average molecular weight is 195 g/mol. The molecule has 0 radical (unpaired) electrons. The molecule has 1 nitrogen and oxygen atoms in total. The number of rotatable bonds is 1. The summed E-state index contributed by atoms with van der Waals surface area (Å²) < 4.78 is 0. The Bertz CT molecular complexity index is 169. The number of alkyl halides is 1. The van der Waals surface area contributed by atoms with Crippen LogP contribution in [0.4, 0.5) is 0 Å². The van der Waals surface area contributed by atoms with Crippen LogP contribution < -0.4 is 0 Å². The molecular formula is C8H12Cl2O. The minimum Gasteiger partial charge on any atom is -0.281 e. The molecule has 0 heterocycles. The van der Waals surface area contributed by atoms with E-state index in [-0.39, 0.29) is 16.0 Å². The molecule has 1 rings (SSSR count). The summed E-state index contributed by atoms with van der Waals surface area (Å²) in [5.41, 5.74) is -0.355. The first-order valence-electron chi connectivity index (χ1n) is 3.88. The van der Waals surface area contributed by atoms with Crippen molar-refractivity contribution in [2.75, 3.05) is 0 Å². The fraction of sp³-hybridized carbons (Fsp3) is 0.875. The molecule has 0 saturated heterocycles. The summed E-state index contributed by atoms with van der Waals surface area (Å²) in [6, 6.07) is 0. The largest absolute Gasteiger partial charge is 0.281 e. The van der Waals surface area contributed by atoms with Gasteiger partial charge in [-0.3, -0.25) is 4.79 Å². The van der Waals surface area contributed by atoms with E-state index in [1.165, 1.54) is 0 Å². The molecule has 0 bridgehead atoms. The molecule has 0 unspecified atom stereocenters. The van der Waals surface area contributed by atoms with Crippen molar-refractivity contribution in [1.82, 2.24) is 0 Å². The molecule has 0 aromatic carbocycles. The second-order valence-electron chi connectivity index (χ2n) is 3.53. The molecule has 1 aliphatic carbocycles. The topological polar surface area (TPSA) is 17.1 Å². The maximum Gasteiger partial charge on any atom is 0.227 e. The lowest BCUT2D eigenvalue weighted by molar-refractivity contribution is -0.121. The Morgan fingerprint density at radius 2 is 2.27 bits per heavy atom. The van der Waals surface area contributed by atoms with Gasteiger partial charge in [-0.1, -0.05) is 13.3 Å². The fourth-order valence-corrected chi connectivity index (χ4v) is 2.25. The predicted octanol–water partition coefficient (Wildman–Crippen LogP) is 2.94. The third-order valence-electron chi connectivity index (χ3n) is 2.39. The van der Waals surface area contributed by atoms with Crippen molar-refractivity contribution in [3.8, 4) is 0 Å². The van der Waals surface area contributed by atoms with Gasteiger partial charge in [-0.2, -0.15) is 0 Å². The number of hydrogen-bond acceptors (Lipinski definition) is 1. The third kappa shape index (κ3) is 2.09. The molecule has 1 saturated carbocycles.